The number of methoxy groups -OCH3 is 1. The second-order valence-corrected chi connectivity index (χ2v) is 10.5. The van der Waals surface area contributed by atoms with Gasteiger partial charge in [0.15, 0.2) is 11.5 Å². The van der Waals surface area contributed by atoms with E-state index in [1.165, 1.54) is 25.1 Å². The van der Waals surface area contributed by atoms with E-state index in [-0.39, 0.29) is 54.3 Å². The molecular formula is C28H24F6N6O2. The molecule has 14 heteroatoms. The maximum absolute atomic E-state index is 14.1. The Morgan fingerprint density at radius 3 is 2.24 bits per heavy atom. The number of hydrogen-bond donors (Lipinski definition) is 0. The summed E-state index contributed by atoms with van der Waals surface area (Å²) < 4.78 is 94.2. The highest BCUT2D eigenvalue weighted by molar-refractivity contribution is 5.66. The molecule has 0 atom stereocenters. The molecule has 0 saturated heterocycles. The Balaban J connectivity index is 1.32. The summed E-state index contributed by atoms with van der Waals surface area (Å²) >= 11 is 0. The van der Waals surface area contributed by atoms with Crippen molar-refractivity contribution in [2.24, 2.45) is 7.05 Å². The molecule has 0 aliphatic heterocycles. The Hall–Kier alpha value is -4.23. The van der Waals surface area contributed by atoms with Gasteiger partial charge in [0.2, 0.25) is 11.8 Å². The van der Waals surface area contributed by atoms with Crippen LogP contribution in [0.4, 0.5) is 26.3 Å². The number of ether oxygens (including phenoxy) is 2. The normalized spacial score (nSPS) is 16.4. The SMILES string of the molecule is COc1ncnc(C2CC2)c1-c1ncc(C2(C(F)(F)F)CC2)c(OCc2ccc(-c3nc(C(F)(F)F)cn3C)cc2)n1. The molecule has 0 spiro atoms. The third-order valence-corrected chi connectivity index (χ3v) is 7.54. The highest BCUT2D eigenvalue weighted by atomic mass is 19.4. The summed E-state index contributed by atoms with van der Waals surface area (Å²) in [7, 11) is 2.88. The second kappa shape index (κ2) is 9.95. The fourth-order valence-corrected chi connectivity index (χ4v) is 4.94. The predicted molar refractivity (Wildman–Crippen MR) is 137 cm³/mol. The summed E-state index contributed by atoms with van der Waals surface area (Å²) in [6.45, 7) is -0.149. The van der Waals surface area contributed by atoms with Crippen molar-refractivity contribution in [3.8, 4) is 34.5 Å². The molecular weight excluding hydrogens is 566 g/mol. The molecule has 0 radical (unpaired) electrons. The van der Waals surface area contributed by atoms with Crippen LogP contribution in [-0.2, 0) is 25.2 Å². The minimum absolute atomic E-state index is 0.0941. The van der Waals surface area contributed by atoms with Crippen molar-refractivity contribution in [3.63, 3.8) is 0 Å². The molecule has 42 heavy (non-hydrogen) atoms. The molecule has 8 nitrogen and oxygen atoms in total. The molecule has 0 bridgehead atoms. The van der Waals surface area contributed by atoms with Crippen LogP contribution in [0.5, 0.6) is 11.8 Å². The Bertz CT molecular complexity index is 1630. The molecule has 2 aliphatic carbocycles. The molecule has 0 unspecified atom stereocenters. The van der Waals surface area contributed by atoms with Crippen molar-refractivity contribution in [2.75, 3.05) is 7.11 Å². The van der Waals surface area contributed by atoms with Crippen LogP contribution in [0.3, 0.4) is 0 Å². The predicted octanol–water partition coefficient (Wildman–Crippen LogP) is 6.41. The molecule has 0 amide bonds. The zero-order valence-corrected chi connectivity index (χ0v) is 22.4. The van der Waals surface area contributed by atoms with Gasteiger partial charge in [-0.25, -0.2) is 19.9 Å². The van der Waals surface area contributed by atoms with Crippen LogP contribution in [0.15, 0.2) is 43.0 Å². The highest BCUT2D eigenvalue weighted by Gasteiger charge is 2.66. The van der Waals surface area contributed by atoms with Gasteiger partial charge in [0, 0.05) is 36.5 Å². The molecule has 1 aromatic carbocycles. The molecule has 3 heterocycles. The van der Waals surface area contributed by atoms with Crippen LogP contribution in [0.2, 0.25) is 0 Å². The largest absolute Gasteiger partial charge is 0.480 e. The lowest BCUT2D eigenvalue weighted by Crippen LogP contribution is -2.29. The van der Waals surface area contributed by atoms with Gasteiger partial charge in [0.1, 0.15) is 24.3 Å². The lowest BCUT2D eigenvalue weighted by atomic mass is 9.97. The van der Waals surface area contributed by atoms with E-state index >= 15 is 0 Å². The van der Waals surface area contributed by atoms with Gasteiger partial charge in [-0.1, -0.05) is 24.3 Å². The van der Waals surface area contributed by atoms with E-state index in [1.54, 1.807) is 24.3 Å². The summed E-state index contributed by atoms with van der Waals surface area (Å²) in [6, 6.07) is 6.35. The van der Waals surface area contributed by atoms with Crippen molar-refractivity contribution in [3.05, 3.63) is 65.5 Å². The molecule has 4 aromatic rings. The standard InChI is InChI=1S/C28H24F6N6O2/c1-40-12-19(27(29,30)31)38-23(40)17-5-3-15(4-6-17)13-42-24-18(26(9-10-26)28(32,33)34)11-35-22(39-24)20-21(16-7-8-16)36-14-37-25(20)41-2/h3-6,11-12,14,16H,7-10,13H2,1-2H3. The highest BCUT2D eigenvalue weighted by Crippen LogP contribution is 2.60. The van der Waals surface area contributed by atoms with E-state index in [0.29, 0.717) is 22.4 Å². The zero-order chi connectivity index (χ0) is 29.9. The van der Waals surface area contributed by atoms with Crippen LogP contribution in [0, 0.1) is 0 Å². The van der Waals surface area contributed by atoms with Crippen molar-refractivity contribution in [1.29, 1.82) is 0 Å². The van der Waals surface area contributed by atoms with Crippen LogP contribution in [0.25, 0.3) is 22.8 Å². The molecule has 2 saturated carbocycles. The van der Waals surface area contributed by atoms with Crippen molar-refractivity contribution < 1.29 is 35.8 Å². The zero-order valence-electron chi connectivity index (χ0n) is 22.4. The third-order valence-electron chi connectivity index (χ3n) is 7.54. The number of aromatic nitrogens is 6. The van der Waals surface area contributed by atoms with E-state index < -0.39 is 23.5 Å². The minimum Gasteiger partial charge on any atom is -0.480 e. The summed E-state index contributed by atoms with van der Waals surface area (Å²) in [5, 5.41) is 0. The number of rotatable bonds is 8. The van der Waals surface area contributed by atoms with Crippen LogP contribution >= 0.6 is 0 Å². The Kier molecular flexibility index (Phi) is 6.61. The number of alkyl halides is 6. The molecule has 2 fully saturated rings. The van der Waals surface area contributed by atoms with E-state index in [0.717, 1.165) is 25.2 Å². The molecule has 3 aromatic heterocycles. The number of benzene rings is 1. The van der Waals surface area contributed by atoms with E-state index in [1.807, 2.05) is 0 Å². The first kappa shape index (κ1) is 27.9. The van der Waals surface area contributed by atoms with Crippen LogP contribution in [0.1, 0.15) is 54.1 Å². The number of hydrogen-bond acceptors (Lipinski definition) is 7. The number of aryl methyl sites for hydroxylation is 1. The number of nitrogens with zero attached hydrogens (tertiary/aromatic N) is 6. The summed E-state index contributed by atoms with van der Waals surface area (Å²) in [5.41, 5.74) is -1.21. The van der Waals surface area contributed by atoms with Gasteiger partial charge in [-0.2, -0.15) is 31.3 Å². The first-order valence-corrected chi connectivity index (χ1v) is 13.1. The monoisotopic (exact) mass is 590 g/mol. The fraction of sp³-hybridized carbons (Fsp3) is 0.393. The van der Waals surface area contributed by atoms with E-state index in [9.17, 15) is 26.3 Å². The van der Waals surface area contributed by atoms with Crippen molar-refractivity contribution >= 4 is 0 Å². The topological polar surface area (TPSA) is 87.8 Å². The summed E-state index contributed by atoms with van der Waals surface area (Å²) in [4.78, 5) is 20.9. The third kappa shape index (κ3) is 5.02. The number of halogens is 6. The summed E-state index contributed by atoms with van der Waals surface area (Å²) in [6.07, 6.45) is -4.11. The van der Waals surface area contributed by atoms with Crippen LogP contribution < -0.4 is 9.47 Å². The first-order chi connectivity index (χ1) is 19.9. The van der Waals surface area contributed by atoms with Gasteiger partial charge in [0.05, 0.1) is 18.2 Å². The van der Waals surface area contributed by atoms with Gasteiger partial charge >= 0.3 is 12.4 Å². The molecule has 6 rings (SSSR count). The minimum atomic E-state index is -4.58. The Labute approximate surface area is 235 Å². The van der Waals surface area contributed by atoms with Crippen molar-refractivity contribution in [2.45, 2.75) is 56.0 Å². The van der Waals surface area contributed by atoms with Gasteiger partial charge in [0.25, 0.3) is 0 Å². The lowest BCUT2D eigenvalue weighted by molar-refractivity contribution is -0.161. The first-order valence-electron chi connectivity index (χ1n) is 13.1. The fourth-order valence-electron chi connectivity index (χ4n) is 4.94. The van der Waals surface area contributed by atoms with Gasteiger partial charge < -0.3 is 14.0 Å². The van der Waals surface area contributed by atoms with Crippen LogP contribution in [-0.4, -0.2) is 42.8 Å². The molecule has 220 valence electrons. The lowest BCUT2D eigenvalue weighted by Gasteiger charge is -2.22. The summed E-state index contributed by atoms with van der Waals surface area (Å²) in [5.74, 6) is 0.353. The second-order valence-electron chi connectivity index (χ2n) is 10.5. The van der Waals surface area contributed by atoms with Gasteiger partial charge in [-0.3, -0.25) is 0 Å². The van der Waals surface area contributed by atoms with Gasteiger partial charge in [-0.15, -0.1) is 0 Å². The van der Waals surface area contributed by atoms with E-state index in [4.69, 9.17) is 9.47 Å². The quantitative estimate of drug-likeness (QED) is 0.219. The maximum Gasteiger partial charge on any atom is 0.434 e. The van der Waals surface area contributed by atoms with E-state index in [2.05, 4.69) is 24.9 Å². The Morgan fingerprint density at radius 1 is 0.952 bits per heavy atom. The van der Waals surface area contributed by atoms with Crippen molar-refractivity contribution in [1.82, 2.24) is 29.5 Å². The number of imidazole rings is 1. The molecule has 0 N–H and O–H groups in total. The maximum atomic E-state index is 14.1. The average Bonchev–Trinajstić information content (AvgIpc) is 3.88. The average molecular weight is 591 g/mol. The smallest absolute Gasteiger partial charge is 0.434 e. The van der Waals surface area contributed by atoms with Gasteiger partial charge in [-0.05, 0) is 31.2 Å². The Morgan fingerprint density at radius 2 is 1.67 bits per heavy atom. The molecule has 2 aliphatic rings.